The normalized spacial score (nSPS) is 11.4. The zero-order valence-corrected chi connectivity index (χ0v) is 11.2. The van der Waals surface area contributed by atoms with Crippen LogP contribution in [0.4, 0.5) is 13.2 Å². The van der Waals surface area contributed by atoms with Gasteiger partial charge in [-0.1, -0.05) is 0 Å². The van der Waals surface area contributed by atoms with E-state index in [-0.39, 0.29) is 6.61 Å². The average Bonchev–Trinajstić information content (AvgIpc) is 2.36. The van der Waals surface area contributed by atoms with Gasteiger partial charge in [0.05, 0.1) is 5.56 Å². The van der Waals surface area contributed by atoms with Gasteiger partial charge in [0.25, 0.3) is 0 Å². The van der Waals surface area contributed by atoms with Crippen LogP contribution in [-0.2, 0) is 12.8 Å². The van der Waals surface area contributed by atoms with Crippen molar-refractivity contribution in [3.8, 4) is 5.75 Å². The molecular weight excluding hydrogens is 323 g/mol. The van der Waals surface area contributed by atoms with Gasteiger partial charge in [-0.25, -0.2) is 0 Å². The van der Waals surface area contributed by atoms with Gasteiger partial charge in [-0.3, -0.25) is 4.98 Å². The molecule has 2 nitrogen and oxygen atoms in total. The van der Waals surface area contributed by atoms with Crippen LogP contribution in [0.25, 0.3) is 0 Å². The zero-order chi connectivity index (χ0) is 13.9. The standard InChI is InChI=1S/C13H9BrF3NO/c14-11-5-9(6-18-7-11)8-19-12-3-1-10(2-4-12)13(15,16)17/h1-7H,8H2. The third-order valence-electron chi connectivity index (χ3n) is 2.35. The van der Waals surface area contributed by atoms with Crippen molar-refractivity contribution < 1.29 is 17.9 Å². The van der Waals surface area contributed by atoms with Crippen LogP contribution in [0.15, 0.2) is 47.2 Å². The van der Waals surface area contributed by atoms with Crippen LogP contribution in [0, 0.1) is 0 Å². The van der Waals surface area contributed by atoms with Crippen LogP contribution >= 0.6 is 15.9 Å². The van der Waals surface area contributed by atoms with Gasteiger partial charge >= 0.3 is 6.18 Å². The van der Waals surface area contributed by atoms with Gasteiger partial charge in [0, 0.05) is 22.4 Å². The molecular formula is C13H9BrF3NO. The third kappa shape index (κ3) is 3.96. The maximum absolute atomic E-state index is 12.4. The highest BCUT2D eigenvalue weighted by Gasteiger charge is 2.29. The lowest BCUT2D eigenvalue weighted by Gasteiger charge is -2.09. The van der Waals surface area contributed by atoms with E-state index in [1.165, 1.54) is 12.1 Å². The highest BCUT2D eigenvalue weighted by molar-refractivity contribution is 9.10. The van der Waals surface area contributed by atoms with Crippen molar-refractivity contribution in [3.63, 3.8) is 0 Å². The maximum atomic E-state index is 12.4. The van der Waals surface area contributed by atoms with Crippen LogP contribution in [0.1, 0.15) is 11.1 Å². The monoisotopic (exact) mass is 331 g/mol. The molecule has 0 N–H and O–H groups in total. The Morgan fingerprint density at radius 3 is 2.37 bits per heavy atom. The fraction of sp³-hybridized carbons (Fsp3) is 0.154. The number of alkyl halides is 3. The van der Waals surface area contributed by atoms with E-state index in [2.05, 4.69) is 20.9 Å². The predicted molar refractivity (Wildman–Crippen MR) is 67.7 cm³/mol. The summed E-state index contributed by atoms with van der Waals surface area (Å²) in [6, 6.07) is 6.42. The molecule has 0 amide bonds. The lowest BCUT2D eigenvalue weighted by atomic mass is 10.2. The Labute approximate surface area is 116 Å². The molecule has 0 aliphatic heterocycles. The largest absolute Gasteiger partial charge is 0.489 e. The summed E-state index contributed by atoms with van der Waals surface area (Å²) in [7, 11) is 0. The predicted octanol–water partition coefficient (Wildman–Crippen LogP) is 4.44. The first-order valence-corrected chi connectivity index (χ1v) is 6.14. The van der Waals surface area contributed by atoms with Gasteiger partial charge < -0.3 is 4.74 Å². The molecule has 0 radical (unpaired) electrons. The van der Waals surface area contributed by atoms with Gasteiger partial charge in [0.15, 0.2) is 0 Å². The van der Waals surface area contributed by atoms with E-state index in [1.54, 1.807) is 12.4 Å². The second kappa shape index (κ2) is 5.61. The van der Waals surface area contributed by atoms with Gasteiger partial charge in [-0.05, 0) is 46.3 Å². The molecule has 6 heteroatoms. The molecule has 19 heavy (non-hydrogen) atoms. The third-order valence-corrected chi connectivity index (χ3v) is 2.78. The molecule has 1 aromatic heterocycles. The van der Waals surface area contributed by atoms with Gasteiger partial charge in [0.2, 0.25) is 0 Å². The molecule has 0 bridgehead atoms. The van der Waals surface area contributed by atoms with E-state index >= 15 is 0 Å². The Morgan fingerprint density at radius 2 is 1.79 bits per heavy atom. The van der Waals surface area contributed by atoms with E-state index in [4.69, 9.17) is 4.74 Å². The number of hydrogen-bond acceptors (Lipinski definition) is 2. The minimum Gasteiger partial charge on any atom is -0.489 e. The van der Waals surface area contributed by atoms with Gasteiger partial charge in [-0.15, -0.1) is 0 Å². The number of halogens is 4. The van der Waals surface area contributed by atoms with Crippen LogP contribution in [0.2, 0.25) is 0 Å². The first-order valence-electron chi connectivity index (χ1n) is 5.34. The van der Waals surface area contributed by atoms with Crippen molar-refractivity contribution in [2.45, 2.75) is 12.8 Å². The average molecular weight is 332 g/mol. The molecule has 0 aliphatic carbocycles. The fourth-order valence-corrected chi connectivity index (χ4v) is 1.85. The summed E-state index contributed by atoms with van der Waals surface area (Å²) >= 11 is 3.28. The van der Waals surface area contributed by atoms with E-state index in [9.17, 15) is 13.2 Å². The lowest BCUT2D eigenvalue weighted by molar-refractivity contribution is -0.137. The molecule has 0 saturated carbocycles. The first kappa shape index (κ1) is 13.9. The Kier molecular flexibility index (Phi) is 4.09. The summed E-state index contributed by atoms with van der Waals surface area (Å²) in [5.74, 6) is 0.382. The lowest BCUT2D eigenvalue weighted by Crippen LogP contribution is -2.04. The number of nitrogens with zero attached hydrogens (tertiary/aromatic N) is 1. The van der Waals surface area contributed by atoms with Crippen LogP contribution in [-0.4, -0.2) is 4.98 Å². The van der Waals surface area contributed by atoms with Gasteiger partial charge in [-0.2, -0.15) is 13.2 Å². The van der Waals surface area contributed by atoms with Crippen molar-refractivity contribution in [2.75, 3.05) is 0 Å². The summed E-state index contributed by atoms with van der Waals surface area (Å²) in [5, 5.41) is 0. The molecule has 1 heterocycles. The minimum atomic E-state index is -4.33. The van der Waals surface area contributed by atoms with E-state index in [0.717, 1.165) is 22.2 Å². The summed E-state index contributed by atoms with van der Waals surface area (Å²) in [6.45, 7) is 0.248. The second-order valence-electron chi connectivity index (χ2n) is 3.82. The molecule has 0 fully saturated rings. The van der Waals surface area contributed by atoms with Crippen molar-refractivity contribution in [2.24, 2.45) is 0 Å². The summed E-state index contributed by atoms with van der Waals surface area (Å²) in [4.78, 5) is 3.97. The Hall–Kier alpha value is -1.56. The molecule has 0 aliphatic rings. The molecule has 0 spiro atoms. The topological polar surface area (TPSA) is 22.1 Å². The smallest absolute Gasteiger partial charge is 0.416 e. The van der Waals surface area contributed by atoms with E-state index in [1.807, 2.05) is 6.07 Å². The summed E-state index contributed by atoms with van der Waals surface area (Å²) < 4.78 is 43.3. The van der Waals surface area contributed by atoms with Gasteiger partial charge in [0.1, 0.15) is 12.4 Å². The maximum Gasteiger partial charge on any atom is 0.416 e. The van der Waals surface area contributed by atoms with Crippen LogP contribution < -0.4 is 4.74 Å². The van der Waals surface area contributed by atoms with E-state index in [0.29, 0.717) is 5.75 Å². The number of aromatic nitrogens is 1. The van der Waals surface area contributed by atoms with Crippen molar-refractivity contribution >= 4 is 15.9 Å². The first-order chi connectivity index (χ1) is 8.95. The summed E-state index contributed by atoms with van der Waals surface area (Å²) in [5.41, 5.74) is 0.137. The molecule has 100 valence electrons. The van der Waals surface area contributed by atoms with Crippen LogP contribution in [0.3, 0.4) is 0 Å². The Bertz CT molecular complexity index is 555. The zero-order valence-electron chi connectivity index (χ0n) is 9.62. The van der Waals surface area contributed by atoms with Crippen LogP contribution in [0.5, 0.6) is 5.75 Å². The SMILES string of the molecule is FC(F)(F)c1ccc(OCc2cncc(Br)c2)cc1. The number of rotatable bonds is 3. The second-order valence-corrected chi connectivity index (χ2v) is 4.74. The molecule has 2 rings (SSSR count). The molecule has 2 aromatic rings. The minimum absolute atomic E-state index is 0.248. The summed E-state index contributed by atoms with van der Waals surface area (Å²) in [6.07, 6.45) is -1.05. The Morgan fingerprint density at radius 1 is 1.11 bits per heavy atom. The molecule has 0 atom stereocenters. The van der Waals surface area contributed by atoms with Crippen molar-refractivity contribution in [3.05, 3.63) is 58.3 Å². The van der Waals surface area contributed by atoms with Crippen molar-refractivity contribution in [1.82, 2.24) is 4.98 Å². The number of ether oxygens (including phenoxy) is 1. The van der Waals surface area contributed by atoms with Crippen molar-refractivity contribution in [1.29, 1.82) is 0 Å². The molecule has 1 aromatic carbocycles. The number of benzene rings is 1. The molecule has 0 saturated heterocycles. The highest BCUT2D eigenvalue weighted by atomic mass is 79.9. The van der Waals surface area contributed by atoms with E-state index < -0.39 is 11.7 Å². The quantitative estimate of drug-likeness (QED) is 0.829. The number of hydrogen-bond donors (Lipinski definition) is 0. The molecule has 0 unspecified atom stereocenters. The highest BCUT2D eigenvalue weighted by Crippen LogP contribution is 2.30. The Balaban J connectivity index is 2.01. The fourth-order valence-electron chi connectivity index (χ4n) is 1.44. The number of pyridine rings is 1.